The van der Waals surface area contributed by atoms with Crippen LogP contribution in [0.3, 0.4) is 0 Å². The van der Waals surface area contributed by atoms with Gasteiger partial charge in [-0.15, -0.1) is 0 Å². The maximum atomic E-state index is 3.76. The Kier molecular flexibility index (Phi) is 4.45. The zero-order valence-electron chi connectivity index (χ0n) is 4.63. The average molecular weight is 175 g/mol. The van der Waals surface area contributed by atoms with Crippen LogP contribution in [-0.2, 0) is 0 Å². The van der Waals surface area contributed by atoms with Gasteiger partial charge in [0.15, 0.2) is 0 Å². The fourth-order valence-corrected chi connectivity index (χ4v) is 0.577. The van der Waals surface area contributed by atoms with Gasteiger partial charge >= 0.3 is 0 Å². The Labute approximate surface area is 57.2 Å². The average Bonchev–Trinajstić information content (AvgIpc) is 1.68. The van der Waals surface area contributed by atoms with E-state index < -0.39 is 0 Å². The van der Waals surface area contributed by atoms with E-state index >= 15 is 0 Å². The highest BCUT2D eigenvalue weighted by atomic mass is 79.9. The number of hydrogen-bond donors (Lipinski definition) is 0. The molecule has 44 valence electrons. The van der Waals surface area contributed by atoms with E-state index in [4.69, 9.17) is 0 Å². The van der Waals surface area contributed by atoms with Crippen LogP contribution < -0.4 is 0 Å². The molecule has 0 rings (SSSR count). The Morgan fingerprint density at radius 3 is 2.75 bits per heavy atom. The zero-order chi connectivity index (χ0) is 6.41. The number of nitrogens with zero attached hydrogens (tertiary/aromatic N) is 2. The van der Waals surface area contributed by atoms with Gasteiger partial charge < -0.3 is 0 Å². The van der Waals surface area contributed by atoms with Crippen molar-refractivity contribution in [1.29, 1.82) is 0 Å². The molecule has 0 aromatic carbocycles. The molecule has 0 aromatic heterocycles. The molecule has 0 aromatic rings. The highest BCUT2D eigenvalue weighted by Gasteiger charge is 1.78. The van der Waals surface area contributed by atoms with Crippen molar-refractivity contribution < 1.29 is 0 Å². The van der Waals surface area contributed by atoms with Gasteiger partial charge in [0.05, 0.1) is 6.21 Å². The first-order valence-corrected chi connectivity index (χ1v) is 2.87. The van der Waals surface area contributed by atoms with Crippen molar-refractivity contribution in [1.82, 2.24) is 0 Å². The van der Waals surface area contributed by atoms with E-state index in [0.29, 0.717) is 4.62 Å². The van der Waals surface area contributed by atoms with Crippen molar-refractivity contribution in [2.75, 3.05) is 7.05 Å². The van der Waals surface area contributed by atoms with E-state index in [9.17, 15) is 0 Å². The van der Waals surface area contributed by atoms with Crippen molar-refractivity contribution >= 4 is 26.8 Å². The summed E-state index contributed by atoms with van der Waals surface area (Å²) in [6.07, 6.45) is 3.05. The summed E-state index contributed by atoms with van der Waals surface area (Å²) in [6, 6.07) is 0. The molecule has 0 unspecified atom stereocenters. The Hall–Kier alpha value is -0.440. The van der Waals surface area contributed by atoms with Crippen LogP contribution in [0.15, 0.2) is 22.8 Å². The van der Waals surface area contributed by atoms with Crippen molar-refractivity contribution in [2.24, 2.45) is 9.98 Å². The molecular formula is C5H7BrN2. The van der Waals surface area contributed by atoms with Crippen LogP contribution in [0.2, 0.25) is 0 Å². The second kappa shape index (κ2) is 4.71. The number of halogens is 1. The summed E-state index contributed by atoms with van der Waals surface area (Å²) in [5, 5.41) is 0. The van der Waals surface area contributed by atoms with Crippen LogP contribution in [0.5, 0.6) is 0 Å². The maximum Gasteiger partial charge on any atom is 0.123 e. The molecule has 0 aliphatic heterocycles. The third-order valence-electron chi connectivity index (χ3n) is 0.450. The second-order valence-corrected chi connectivity index (χ2v) is 1.83. The molecule has 0 atom stereocenters. The molecule has 0 amide bonds. The Balaban J connectivity index is 3.79. The normalized spacial score (nSPS) is 12.5. The molecule has 0 fully saturated rings. The summed E-state index contributed by atoms with van der Waals surface area (Å²) < 4.78 is 0.690. The smallest absolute Gasteiger partial charge is 0.123 e. The van der Waals surface area contributed by atoms with Gasteiger partial charge in [0.1, 0.15) is 4.62 Å². The SMILES string of the molecule is C=CN=C(Br)C=NC. The lowest BCUT2D eigenvalue weighted by Gasteiger charge is -1.78. The first-order chi connectivity index (χ1) is 3.81. The van der Waals surface area contributed by atoms with Gasteiger partial charge in [-0.2, -0.15) is 0 Å². The van der Waals surface area contributed by atoms with Crippen molar-refractivity contribution in [3.05, 3.63) is 12.8 Å². The summed E-state index contributed by atoms with van der Waals surface area (Å²) in [7, 11) is 1.68. The quantitative estimate of drug-likeness (QED) is 0.569. The number of aliphatic imine (C=N–C) groups is 2. The minimum absolute atomic E-state index is 0.690. The molecule has 0 aliphatic carbocycles. The minimum atomic E-state index is 0.690. The van der Waals surface area contributed by atoms with Gasteiger partial charge in [0.2, 0.25) is 0 Å². The predicted octanol–water partition coefficient (Wildman–Crippen LogP) is 1.62. The van der Waals surface area contributed by atoms with E-state index in [2.05, 4.69) is 32.5 Å². The highest BCUT2D eigenvalue weighted by Crippen LogP contribution is 1.85. The zero-order valence-corrected chi connectivity index (χ0v) is 6.22. The summed E-state index contributed by atoms with van der Waals surface area (Å²) in [6.45, 7) is 3.40. The lowest BCUT2D eigenvalue weighted by molar-refractivity contribution is 1.48. The highest BCUT2D eigenvalue weighted by molar-refractivity contribution is 9.19. The Bertz CT molecular complexity index is 126. The fourth-order valence-electron chi connectivity index (χ4n) is 0.227. The third-order valence-corrected chi connectivity index (χ3v) is 0.860. The van der Waals surface area contributed by atoms with E-state index in [1.807, 2.05) is 0 Å². The number of rotatable bonds is 2. The maximum absolute atomic E-state index is 3.76. The lowest BCUT2D eigenvalue weighted by Crippen LogP contribution is -1.83. The molecule has 0 heterocycles. The molecule has 3 heteroatoms. The van der Waals surface area contributed by atoms with Crippen LogP contribution in [0, 0.1) is 0 Å². The topological polar surface area (TPSA) is 24.7 Å². The minimum Gasteiger partial charge on any atom is -0.294 e. The van der Waals surface area contributed by atoms with Crippen molar-refractivity contribution in [3.63, 3.8) is 0 Å². The predicted molar refractivity (Wildman–Crippen MR) is 41.0 cm³/mol. The van der Waals surface area contributed by atoms with Crippen LogP contribution >= 0.6 is 15.9 Å². The molecule has 0 saturated heterocycles. The van der Waals surface area contributed by atoms with Crippen LogP contribution in [0.25, 0.3) is 0 Å². The molecule has 8 heavy (non-hydrogen) atoms. The van der Waals surface area contributed by atoms with Gasteiger partial charge in [-0.3, -0.25) is 4.99 Å². The fraction of sp³-hybridized carbons (Fsp3) is 0.200. The van der Waals surface area contributed by atoms with E-state index in [-0.39, 0.29) is 0 Å². The summed E-state index contributed by atoms with van der Waals surface area (Å²) >= 11 is 3.13. The Morgan fingerprint density at radius 1 is 1.75 bits per heavy atom. The van der Waals surface area contributed by atoms with Gasteiger partial charge in [0.25, 0.3) is 0 Å². The first kappa shape index (κ1) is 7.56. The number of hydrogen-bond acceptors (Lipinski definition) is 2. The second-order valence-electron chi connectivity index (χ2n) is 1.02. The molecule has 0 radical (unpaired) electrons. The van der Waals surface area contributed by atoms with Crippen LogP contribution in [-0.4, -0.2) is 17.9 Å². The summed E-state index contributed by atoms with van der Waals surface area (Å²) in [4.78, 5) is 7.47. The van der Waals surface area contributed by atoms with Crippen LogP contribution in [0.1, 0.15) is 0 Å². The standard InChI is InChI=1S/C5H7BrN2/c1-3-8-5(6)4-7-2/h3-4H,1H2,2H3. The van der Waals surface area contributed by atoms with E-state index in [1.165, 1.54) is 6.20 Å². The largest absolute Gasteiger partial charge is 0.294 e. The summed E-state index contributed by atoms with van der Waals surface area (Å²) in [5.41, 5.74) is 0. The molecular weight excluding hydrogens is 168 g/mol. The summed E-state index contributed by atoms with van der Waals surface area (Å²) in [5.74, 6) is 0. The van der Waals surface area contributed by atoms with Gasteiger partial charge in [0, 0.05) is 13.2 Å². The molecule has 2 nitrogen and oxygen atoms in total. The van der Waals surface area contributed by atoms with E-state index in [0.717, 1.165) is 0 Å². The first-order valence-electron chi connectivity index (χ1n) is 2.07. The van der Waals surface area contributed by atoms with Crippen LogP contribution in [0.4, 0.5) is 0 Å². The third kappa shape index (κ3) is 3.74. The van der Waals surface area contributed by atoms with Gasteiger partial charge in [-0.25, -0.2) is 4.99 Å². The van der Waals surface area contributed by atoms with Crippen molar-refractivity contribution in [3.8, 4) is 0 Å². The monoisotopic (exact) mass is 174 g/mol. The molecule has 0 bridgehead atoms. The molecule has 0 aliphatic rings. The van der Waals surface area contributed by atoms with E-state index in [1.54, 1.807) is 13.3 Å². The van der Waals surface area contributed by atoms with Crippen molar-refractivity contribution in [2.45, 2.75) is 0 Å². The Morgan fingerprint density at radius 2 is 2.38 bits per heavy atom. The van der Waals surface area contributed by atoms with Gasteiger partial charge in [-0.1, -0.05) is 6.58 Å². The molecule has 0 saturated carbocycles. The molecule has 0 N–H and O–H groups in total. The molecule has 0 spiro atoms. The lowest BCUT2D eigenvalue weighted by atomic mass is 10.8. The van der Waals surface area contributed by atoms with Gasteiger partial charge in [-0.05, 0) is 15.9 Å².